The molecule has 28 heavy (non-hydrogen) atoms. The van der Waals surface area contributed by atoms with Gasteiger partial charge in [0.2, 0.25) is 0 Å². The fourth-order valence-electron chi connectivity index (χ4n) is 3.67. The molecule has 0 bridgehead atoms. The van der Waals surface area contributed by atoms with Crippen molar-refractivity contribution in [3.63, 3.8) is 0 Å². The topological polar surface area (TPSA) is 64.7 Å². The normalized spacial score (nSPS) is 11.6. The molecule has 0 radical (unpaired) electrons. The molecule has 0 fully saturated rings. The Labute approximate surface area is 164 Å². The van der Waals surface area contributed by atoms with E-state index in [1.54, 1.807) is 6.33 Å². The molecule has 0 aliphatic rings. The number of aryl methyl sites for hydroxylation is 2. The van der Waals surface area contributed by atoms with Crippen molar-refractivity contribution in [2.45, 2.75) is 32.7 Å². The maximum absolute atomic E-state index is 12.5. The van der Waals surface area contributed by atoms with Gasteiger partial charge >= 0.3 is 0 Å². The zero-order valence-corrected chi connectivity index (χ0v) is 16.5. The van der Waals surface area contributed by atoms with Crippen LogP contribution in [0.3, 0.4) is 0 Å². The molecule has 2 aromatic carbocycles. The van der Waals surface area contributed by atoms with Crippen molar-refractivity contribution in [3.8, 4) is 0 Å². The molecule has 2 heterocycles. The number of nitrogens with zero attached hydrogens (tertiary/aromatic N) is 4. The molecule has 1 N–H and O–H groups in total. The third kappa shape index (κ3) is 3.38. The first-order chi connectivity index (χ1) is 13.5. The minimum absolute atomic E-state index is 0.0649. The molecular formula is C22H25N5O. The van der Waals surface area contributed by atoms with Crippen LogP contribution in [-0.4, -0.2) is 31.6 Å². The van der Waals surface area contributed by atoms with E-state index in [4.69, 9.17) is 4.98 Å². The van der Waals surface area contributed by atoms with Crippen LogP contribution >= 0.6 is 0 Å². The van der Waals surface area contributed by atoms with Crippen LogP contribution in [0.1, 0.15) is 42.5 Å². The number of hydrogen-bond acceptors (Lipinski definition) is 3. The van der Waals surface area contributed by atoms with Crippen molar-refractivity contribution in [1.82, 2.24) is 24.4 Å². The maximum atomic E-state index is 12.5. The first-order valence-corrected chi connectivity index (χ1v) is 9.69. The van der Waals surface area contributed by atoms with Gasteiger partial charge in [0.1, 0.15) is 5.82 Å². The number of carbonyl (C=O) groups excluding carboxylic acids is 1. The molecule has 0 unspecified atom stereocenters. The Kier molecular flexibility index (Phi) is 4.86. The number of aromatic nitrogens is 4. The quantitative estimate of drug-likeness (QED) is 0.520. The first-order valence-electron chi connectivity index (χ1n) is 9.69. The third-order valence-corrected chi connectivity index (χ3v) is 5.04. The van der Waals surface area contributed by atoms with E-state index in [0.717, 1.165) is 35.2 Å². The summed E-state index contributed by atoms with van der Waals surface area (Å²) in [7, 11) is 1.94. The predicted octanol–water partition coefficient (Wildman–Crippen LogP) is 3.87. The van der Waals surface area contributed by atoms with Crippen molar-refractivity contribution in [1.29, 1.82) is 0 Å². The van der Waals surface area contributed by atoms with Gasteiger partial charge < -0.3 is 14.5 Å². The summed E-state index contributed by atoms with van der Waals surface area (Å²) in [6, 6.07) is 14.2. The van der Waals surface area contributed by atoms with Gasteiger partial charge in [-0.1, -0.05) is 12.1 Å². The summed E-state index contributed by atoms with van der Waals surface area (Å²) in [5.74, 6) is 1.00. The molecule has 4 rings (SSSR count). The Bertz CT molecular complexity index is 1140. The summed E-state index contributed by atoms with van der Waals surface area (Å²) < 4.78 is 4.23. The van der Waals surface area contributed by atoms with Crippen LogP contribution in [-0.2, 0) is 13.5 Å². The van der Waals surface area contributed by atoms with E-state index < -0.39 is 0 Å². The lowest BCUT2D eigenvalue weighted by atomic mass is 10.2. The van der Waals surface area contributed by atoms with E-state index in [-0.39, 0.29) is 5.91 Å². The van der Waals surface area contributed by atoms with Crippen LogP contribution < -0.4 is 5.32 Å². The molecule has 144 valence electrons. The monoisotopic (exact) mass is 375 g/mol. The van der Waals surface area contributed by atoms with Gasteiger partial charge in [-0.2, -0.15) is 0 Å². The molecule has 0 saturated carbocycles. The number of carbonyl (C=O) groups is 1. The van der Waals surface area contributed by atoms with Crippen molar-refractivity contribution in [2.24, 2.45) is 7.05 Å². The number of hydrogen-bond donors (Lipinski definition) is 1. The lowest BCUT2D eigenvalue weighted by Crippen LogP contribution is -2.25. The molecule has 4 aromatic rings. The summed E-state index contributed by atoms with van der Waals surface area (Å²) in [4.78, 5) is 21.6. The molecule has 0 aliphatic heterocycles. The van der Waals surface area contributed by atoms with Gasteiger partial charge in [-0.25, -0.2) is 9.97 Å². The van der Waals surface area contributed by atoms with Crippen molar-refractivity contribution in [2.75, 3.05) is 6.54 Å². The molecule has 1 amide bonds. The Hall–Kier alpha value is -3.15. The Morgan fingerprint density at radius 1 is 1.11 bits per heavy atom. The third-order valence-electron chi connectivity index (χ3n) is 5.04. The Morgan fingerprint density at radius 2 is 1.93 bits per heavy atom. The standard InChI is InChI=1S/C22H25N5O/c1-15(2)27-20-8-5-4-7-17(20)25-21(27)9-6-12-23-22(28)16-10-11-19-18(13-16)24-14-26(19)3/h4-5,7-8,10-11,13-15H,6,9,12H2,1-3H3,(H,23,28). The second-order valence-corrected chi connectivity index (χ2v) is 7.40. The fourth-order valence-corrected chi connectivity index (χ4v) is 3.67. The molecule has 6 nitrogen and oxygen atoms in total. The molecule has 6 heteroatoms. The summed E-state index contributed by atoms with van der Waals surface area (Å²) in [6.07, 6.45) is 3.42. The highest BCUT2D eigenvalue weighted by Crippen LogP contribution is 2.21. The summed E-state index contributed by atoms with van der Waals surface area (Å²) >= 11 is 0. The van der Waals surface area contributed by atoms with E-state index in [1.807, 2.05) is 48.0 Å². The Balaban J connectivity index is 1.39. The maximum Gasteiger partial charge on any atom is 0.251 e. The average molecular weight is 375 g/mol. The van der Waals surface area contributed by atoms with E-state index in [1.165, 1.54) is 5.52 Å². The molecule has 0 saturated heterocycles. The number of imidazole rings is 2. The number of fused-ring (bicyclic) bond motifs is 2. The highest BCUT2D eigenvalue weighted by molar-refractivity contribution is 5.97. The van der Waals surface area contributed by atoms with E-state index in [9.17, 15) is 4.79 Å². The minimum atomic E-state index is -0.0649. The van der Waals surface area contributed by atoms with Gasteiger partial charge in [0.25, 0.3) is 5.91 Å². The zero-order chi connectivity index (χ0) is 19.7. The fraction of sp³-hybridized carbons (Fsp3) is 0.318. The minimum Gasteiger partial charge on any atom is -0.352 e. The molecule has 0 atom stereocenters. The van der Waals surface area contributed by atoms with Crippen LogP contribution in [0.5, 0.6) is 0 Å². The van der Waals surface area contributed by atoms with Crippen LogP contribution in [0.15, 0.2) is 48.8 Å². The van der Waals surface area contributed by atoms with E-state index in [0.29, 0.717) is 18.2 Å². The number of rotatable bonds is 6. The summed E-state index contributed by atoms with van der Waals surface area (Å²) in [6.45, 7) is 4.96. The largest absolute Gasteiger partial charge is 0.352 e. The SMILES string of the molecule is CC(C)n1c(CCCNC(=O)c2ccc3c(c2)ncn3C)nc2ccccc21. The van der Waals surface area contributed by atoms with E-state index >= 15 is 0 Å². The highest BCUT2D eigenvalue weighted by Gasteiger charge is 2.13. The second kappa shape index (κ2) is 7.46. The average Bonchev–Trinajstić information content (AvgIpc) is 3.25. The van der Waals surface area contributed by atoms with Crippen molar-refractivity contribution in [3.05, 3.63) is 60.2 Å². The van der Waals surface area contributed by atoms with Gasteiger partial charge in [0.15, 0.2) is 0 Å². The first kappa shape index (κ1) is 18.2. The van der Waals surface area contributed by atoms with E-state index in [2.05, 4.69) is 34.8 Å². The molecule has 0 aliphatic carbocycles. The van der Waals surface area contributed by atoms with Gasteiger partial charge in [-0.05, 0) is 50.6 Å². The highest BCUT2D eigenvalue weighted by atomic mass is 16.1. The predicted molar refractivity (Wildman–Crippen MR) is 111 cm³/mol. The van der Waals surface area contributed by atoms with Gasteiger partial charge in [-0.15, -0.1) is 0 Å². The van der Waals surface area contributed by atoms with Crippen LogP contribution in [0.4, 0.5) is 0 Å². The van der Waals surface area contributed by atoms with Gasteiger partial charge in [0, 0.05) is 31.6 Å². The molecular weight excluding hydrogens is 350 g/mol. The number of benzene rings is 2. The van der Waals surface area contributed by atoms with Gasteiger partial charge in [0.05, 0.1) is 28.4 Å². The summed E-state index contributed by atoms with van der Waals surface area (Å²) in [5, 5.41) is 3.01. The Morgan fingerprint density at radius 3 is 2.75 bits per heavy atom. The molecule has 2 aromatic heterocycles. The number of nitrogens with one attached hydrogen (secondary N) is 1. The lowest BCUT2D eigenvalue weighted by Gasteiger charge is -2.13. The number of para-hydroxylation sites is 2. The summed E-state index contributed by atoms with van der Waals surface area (Å²) in [5.41, 5.74) is 4.68. The van der Waals surface area contributed by atoms with Crippen molar-refractivity contribution < 1.29 is 4.79 Å². The van der Waals surface area contributed by atoms with Crippen LogP contribution in [0, 0.1) is 0 Å². The van der Waals surface area contributed by atoms with Gasteiger partial charge in [-0.3, -0.25) is 4.79 Å². The lowest BCUT2D eigenvalue weighted by molar-refractivity contribution is 0.0953. The van der Waals surface area contributed by atoms with Crippen LogP contribution in [0.2, 0.25) is 0 Å². The smallest absolute Gasteiger partial charge is 0.251 e. The zero-order valence-electron chi connectivity index (χ0n) is 16.5. The number of amides is 1. The van der Waals surface area contributed by atoms with Crippen molar-refractivity contribution >= 4 is 28.0 Å². The molecule has 0 spiro atoms. The van der Waals surface area contributed by atoms with Crippen LogP contribution in [0.25, 0.3) is 22.1 Å². The second-order valence-electron chi connectivity index (χ2n) is 7.40.